The molecule has 1 aromatic carbocycles. The van der Waals surface area contributed by atoms with E-state index >= 15 is 0 Å². The second-order valence-corrected chi connectivity index (χ2v) is 9.75. The third-order valence-corrected chi connectivity index (χ3v) is 7.41. The summed E-state index contributed by atoms with van der Waals surface area (Å²) in [5.74, 6) is 1.18. The Morgan fingerprint density at radius 3 is 2.21 bits per heavy atom. The van der Waals surface area contributed by atoms with Crippen LogP contribution in [0.1, 0.15) is 76.0 Å². The minimum Gasteiger partial charge on any atom is -0.496 e. The Morgan fingerprint density at radius 2 is 1.64 bits per heavy atom. The van der Waals surface area contributed by atoms with E-state index in [9.17, 15) is 5.11 Å². The van der Waals surface area contributed by atoms with Crippen molar-refractivity contribution in [3.05, 3.63) is 16.7 Å². The lowest BCUT2D eigenvalue weighted by Gasteiger charge is -2.49. The first kappa shape index (κ1) is 19.8. The van der Waals surface area contributed by atoms with E-state index < -0.39 is 5.79 Å². The van der Waals surface area contributed by atoms with Crippen molar-refractivity contribution in [2.75, 3.05) is 21.3 Å². The Balaban J connectivity index is 2.03. The van der Waals surface area contributed by atoms with E-state index in [1.54, 1.807) is 21.3 Å². The van der Waals surface area contributed by atoms with Gasteiger partial charge in [-0.1, -0.05) is 34.1 Å². The first-order valence-corrected chi connectivity index (χ1v) is 10.4. The Morgan fingerprint density at radius 1 is 1.00 bits per heavy atom. The summed E-state index contributed by atoms with van der Waals surface area (Å²) in [4.78, 5) is 0. The van der Waals surface area contributed by atoms with Gasteiger partial charge in [0.1, 0.15) is 5.75 Å². The predicted octanol–water partition coefficient (Wildman–Crippen LogP) is 4.52. The molecule has 1 spiro atoms. The van der Waals surface area contributed by atoms with Crippen LogP contribution in [0.5, 0.6) is 17.2 Å². The van der Waals surface area contributed by atoms with Crippen LogP contribution in [0.3, 0.4) is 0 Å². The van der Waals surface area contributed by atoms with E-state index in [0.29, 0.717) is 30.1 Å². The maximum Gasteiger partial charge on any atom is 0.197 e. The molecule has 4 rings (SSSR count). The van der Waals surface area contributed by atoms with Crippen molar-refractivity contribution in [2.24, 2.45) is 11.3 Å². The highest BCUT2D eigenvalue weighted by Gasteiger charge is 2.66. The highest BCUT2D eigenvalue weighted by Crippen LogP contribution is 2.66. The minimum atomic E-state index is -1.35. The van der Waals surface area contributed by atoms with E-state index in [-0.39, 0.29) is 22.9 Å². The van der Waals surface area contributed by atoms with Crippen LogP contribution >= 0.6 is 0 Å². The number of aliphatic hydroxyl groups is 1. The van der Waals surface area contributed by atoms with Crippen molar-refractivity contribution in [1.29, 1.82) is 0 Å². The van der Waals surface area contributed by atoms with Gasteiger partial charge in [0.15, 0.2) is 17.3 Å². The largest absolute Gasteiger partial charge is 0.496 e. The Labute approximate surface area is 168 Å². The minimum absolute atomic E-state index is 0.121. The second-order valence-electron chi connectivity index (χ2n) is 9.75. The third kappa shape index (κ3) is 2.45. The van der Waals surface area contributed by atoms with Gasteiger partial charge in [0, 0.05) is 24.0 Å². The molecule has 2 aliphatic heterocycles. The molecule has 0 radical (unpaired) electrons. The van der Waals surface area contributed by atoms with E-state index in [2.05, 4.69) is 27.7 Å². The highest BCUT2D eigenvalue weighted by atomic mass is 16.6. The zero-order chi connectivity index (χ0) is 20.5. The number of rotatable bonds is 4. The Hall–Kier alpha value is -1.46. The average Bonchev–Trinajstić information content (AvgIpc) is 2.88. The van der Waals surface area contributed by atoms with E-state index in [0.717, 1.165) is 36.0 Å². The SMILES string of the molecule is COc1c2c(c(OC)c(C(C)C)c1OC)[C@]1(O)C[C@H]3C(C)(C)CCC[C@@]3(C2)O1. The lowest BCUT2D eigenvalue weighted by atomic mass is 9.60. The number of hydrogen-bond donors (Lipinski definition) is 1. The predicted molar refractivity (Wildman–Crippen MR) is 107 cm³/mol. The summed E-state index contributed by atoms with van der Waals surface area (Å²) in [5.41, 5.74) is 2.41. The molecule has 0 unspecified atom stereocenters. The molecule has 3 aliphatic rings. The number of hydrogen-bond acceptors (Lipinski definition) is 5. The molecule has 2 fully saturated rings. The normalized spacial score (nSPS) is 32.7. The van der Waals surface area contributed by atoms with Crippen LogP contribution in [-0.4, -0.2) is 32.0 Å². The van der Waals surface area contributed by atoms with E-state index in [1.165, 1.54) is 0 Å². The van der Waals surface area contributed by atoms with Crippen molar-refractivity contribution in [2.45, 2.75) is 77.1 Å². The molecule has 1 aliphatic carbocycles. The van der Waals surface area contributed by atoms with Crippen LogP contribution < -0.4 is 14.2 Å². The van der Waals surface area contributed by atoms with Gasteiger partial charge in [0.05, 0.1) is 32.5 Å². The molecular formula is C23H34O5. The third-order valence-electron chi connectivity index (χ3n) is 7.41. The van der Waals surface area contributed by atoms with Crippen molar-refractivity contribution in [1.82, 2.24) is 0 Å². The van der Waals surface area contributed by atoms with Gasteiger partial charge < -0.3 is 24.1 Å². The van der Waals surface area contributed by atoms with Crippen molar-refractivity contribution >= 4 is 0 Å². The quantitative estimate of drug-likeness (QED) is 0.819. The molecule has 1 aromatic rings. The summed E-state index contributed by atoms with van der Waals surface area (Å²) < 4.78 is 24.1. The summed E-state index contributed by atoms with van der Waals surface area (Å²) in [6.45, 7) is 8.81. The topological polar surface area (TPSA) is 57.2 Å². The number of benzene rings is 1. The first-order chi connectivity index (χ1) is 13.1. The van der Waals surface area contributed by atoms with Gasteiger partial charge in [0.25, 0.3) is 0 Å². The lowest BCUT2D eigenvalue weighted by molar-refractivity contribution is -0.250. The van der Waals surface area contributed by atoms with Gasteiger partial charge in [-0.15, -0.1) is 0 Å². The molecule has 1 saturated heterocycles. The van der Waals surface area contributed by atoms with E-state index in [1.807, 2.05) is 0 Å². The maximum atomic E-state index is 11.8. The molecular weight excluding hydrogens is 356 g/mol. The zero-order valence-electron chi connectivity index (χ0n) is 18.3. The number of fused-ring (bicyclic) bond motifs is 3. The van der Waals surface area contributed by atoms with Gasteiger partial charge in [-0.3, -0.25) is 0 Å². The second kappa shape index (κ2) is 6.27. The molecule has 5 heteroatoms. The molecule has 156 valence electrons. The van der Waals surface area contributed by atoms with Gasteiger partial charge >= 0.3 is 0 Å². The average molecular weight is 391 g/mol. The molecule has 0 aromatic heterocycles. The van der Waals surface area contributed by atoms with Crippen molar-refractivity contribution < 1.29 is 24.1 Å². The van der Waals surface area contributed by atoms with Gasteiger partial charge in [0.2, 0.25) is 0 Å². The van der Waals surface area contributed by atoms with Crippen LogP contribution in [0.25, 0.3) is 0 Å². The molecule has 28 heavy (non-hydrogen) atoms. The molecule has 1 N–H and O–H groups in total. The highest BCUT2D eigenvalue weighted by molar-refractivity contribution is 5.67. The number of ether oxygens (including phenoxy) is 4. The summed E-state index contributed by atoms with van der Waals surface area (Å²) in [6, 6.07) is 0. The van der Waals surface area contributed by atoms with Gasteiger partial charge in [-0.2, -0.15) is 0 Å². The summed E-state index contributed by atoms with van der Waals surface area (Å²) in [6.07, 6.45) is 4.53. The molecule has 2 heterocycles. The fourth-order valence-electron chi connectivity index (χ4n) is 6.33. The lowest BCUT2D eigenvalue weighted by Crippen LogP contribution is -2.50. The van der Waals surface area contributed by atoms with Crippen molar-refractivity contribution in [3.8, 4) is 17.2 Å². The fourth-order valence-corrected chi connectivity index (χ4v) is 6.33. The van der Waals surface area contributed by atoms with Crippen LogP contribution in [-0.2, 0) is 16.9 Å². The summed E-state index contributed by atoms with van der Waals surface area (Å²) in [5, 5.41) is 11.8. The molecule has 3 atom stereocenters. The van der Waals surface area contributed by atoms with Crippen LogP contribution in [0, 0.1) is 11.3 Å². The maximum absolute atomic E-state index is 11.8. The first-order valence-electron chi connectivity index (χ1n) is 10.4. The van der Waals surface area contributed by atoms with E-state index in [4.69, 9.17) is 18.9 Å². The monoisotopic (exact) mass is 390 g/mol. The van der Waals surface area contributed by atoms with Crippen LogP contribution in [0.2, 0.25) is 0 Å². The van der Waals surface area contributed by atoms with Crippen LogP contribution in [0.4, 0.5) is 0 Å². The standard InChI is InChI=1S/C23H34O5/c1-13(2)16-19(26-6)17-14(18(25-5)20(16)27-7)11-22-10-8-9-21(3,4)15(22)12-23(17,24)28-22/h13,15,24H,8-12H2,1-7H3/t15-,22-,23-/m0/s1. The van der Waals surface area contributed by atoms with Gasteiger partial charge in [-0.05, 0) is 30.1 Å². The summed E-state index contributed by atoms with van der Waals surface area (Å²) in [7, 11) is 5.01. The Kier molecular flexibility index (Phi) is 4.44. The fraction of sp³-hybridized carbons (Fsp3) is 0.739. The molecule has 5 nitrogen and oxygen atoms in total. The van der Waals surface area contributed by atoms with Crippen molar-refractivity contribution in [3.63, 3.8) is 0 Å². The number of methoxy groups -OCH3 is 3. The molecule has 0 amide bonds. The zero-order valence-corrected chi connectivity index (χ0v) is 18.3. The Bertz CT molecular complexity index is 799. The summed E-state index contributed by atoms with van der Waals surface area (Å²) >= 11 is 0. The van der Waals surface area contributed by atoms with Gasteiger partial charge in [-0.25, -0.2) is 0 Å². The molecule has 2 bridgehead atoms. The smallest absolute Gasteiger partial charge is 0.197 e. The molecule has 1 saturated carbocycles. The van der Waals surface area contributed by atoms with Crippen LogP contribution in [0.15, 0.2) is 0 Å².